The van der Waals surface area contributed by atoms with Gasteiger partial charge in [-0.15, -0.1) is 0 Å². The second-order valence-corrected chi connectivity index (χ2v) is 3.55. The number of aryl methyl sites for hydroxylation is 1. The van der Waals surface area contributed by atoms with Gasteiger partial charge in [0.25, 0.3) is 0 Å². The van der Waals surface area contributed by atoms with Crippen LogP contribution in [0.4, 0.5) is 0 Å². The lowest BCUT2D eigenvalue weighted by Crippen LogP contribution is -2.00. The van der Waals surface area contributed by atoms with E-state index in [1.54, 1.807) is 12.3 Å². The highest BCUT2D eigenvalue weighted by Crippen LogP contribution is 2.15. The van der Waals surface area contributed by atoms with E-state index in [9.17, 15) is 0 Å². The van der Waals surface area contributed by atoms with Gasteiger partial charge < -0.3 is 9.15 Å². The lowest BCUT2D eigenvalue weighted by molar-refractivity contribution is 0.259. The van der Waals surface area contributed by atoms with Crippen molar-refractivity contribution in [1.82, 2.24) is 9.97 Å². The Morgan fingerprint density at radius 3 is 3.00 bits per heavy atom. The molecule has 0 bridgehead atoms. The van der Waals surface area contributed by atoms with Crippen LogP contribution in [-0.2, 0) is 13.0 Å². The summed E-state index contributed by atoms with van der Waals surface area (Å²) in [6, 6.07) is 5.23. The van der Waals surface area contributed by atoms with E-state index < -0.39 is 0 Å². The number of hydrogen-bond donors (Lipinski definition) is 0. The Morgan fingerprint density at radius 2 is 2.31 bits per heavy atom. The minimum absolute atomic E-state index is 0.337. The highest BCUT2D eigenvalue weighted by molar-refractivity contribution is 6.29. The highest BCUT2D eigenvalue weighted by atomic mass is 35.5. The Morgan fingerprint density at radius 1 is 1.44 bits per heavy atom. The predicted molar refractivity (Wildman–Crippen MR) is 59.5 cm³/mol. The molecule has 0 aliphatic heterocycles. The molecule has 2 heterocycles. The van der Waals surface area contributed by atoms with Crippen LogP contribution in [0.2, 0.25) is 5.15 Å². The maximum Gasteiger partial charge on any atom is 0.218 e. The van der Waals surface area contributed by atoms with Crippen LogP contribution in [0.25, 0.3) is 0 Å². The Hall–Kier alpha value is -1.55. The average Bonchev–Trinajstić information content (AvgIpc) is 2.78. The number of furan rings is 1. The molecule has 0 saturated heterocycles. The van der Waals surface area contributed by atoms with Crippen molar-refractivity contribution >= 4 is 11.6 Å². The Kier molecular flexibility index (Phi) is 3.41. The standard InChI is InChI=1S/C11H11ClN2O2/c1-2-10-13-9(12)6-11(14-10)16-7-8-4-3-5-15-8/h3-6H,2,7H2,1H3. The van der Waals surface area contributed by atoms with E-state index in [0.29, 0.717) is 23.5 Å². The SMILES string of the molecule is CCc1nc(Cl)cc(OCc2ccco2)n1. The van der Waals surface area contributed by atoms with E-state index in [1.807, 2.05) is 19.1 Å². The van der Waals surface area contributed by atoms with Crippen molar-refractivity contribution in [2.45, 2.75) is 20.0 Å². The Balaban J connectivity index is 2.06. The zero-order valence-corrected chi connectivity index (χ0v) is 9.57. The van der Waals surface area contributed by atoms with Gasteiger partial charge in [0.05, 0.1) is 6.26 Å². The second kappa shape index (κ2) is 4.99. The van der Waals surface area contributed by atoms with E-state index in [1.165, 1.54) is 0 Å². The molecule has 0 aromatic carbocycles. The monoisotopic (exact) mass is 238 g/mol. The van der Waals surface area contributed by atoms with Crippen LogP contribution in [0.1, 0.15) is 18.5 Å². The van der Waals surface area contributed by atoms with E-state index in [0.717, 1.165) is 12.2 Å². The van der Waals surface area contributed by atoms with Gasteiger partial charge >= 0.3 is 0 Å². The van der Waals surface area contributed by atoms with E-state index in [2.05, 4.69) is 9.97 Å². The first-order chi connectivity index (χ1) is 7.78. The molecule has 0 radical (unpaired) electrons. The van der Waals surface area contributed by atoms with Gasteiger partial charge in [-0.1, -0.05) is 18.5 Å². The Labute approximate surface area is 98.2 Å². The van der Waals surface area contributed by atoms with Gasteiger partial charge in [-0.2, -0.15) is 4.98 Å². The molecule has 2 aromatic rings. The van der Waals surface area contributed by atoms with Crippen molar-refractivity contribution in [2.24, 2.45) is 0 Å². The third-order valence-electron chi connectivity index (χ3n) is 1.98. The van der Waals surface area contributed by atoms with Crippen LogP contribution in [0.15, 0.2) is 28.9 Å². The topological polar surface area (TPSA) is 48.2 Å². The molecule has 0 unspecified atom stereocenters. The quantitative estimate of drug-likeness (QED) is 0.769. The molecule has 84 valence electrons. The van der Waals surface area contributed by atoms with Crippen molar-refractivity contribution in [2.75, 3.05) is 0 Å². The summed E-state index contributed by atoms with van der Waals surface area (Å²) in [4.78, 5) is 8.24. The number of ether oxygens (including phenoxy) is 1. The van der Waals surface area contributed by atoms with Gasteiger partial charge in [0.1, 0.15) is 23.3 Å². The molecule has 0 saturated carbocycles. The summed E-state index contributed by atoms with van der Waals surface area (Å²) >= 11 is 5.83. The smallest absolute Gasteiger partial charge is 0.218 e. The first kappa shape index (κ1) is 11.0. The largest absolute Gasteiger partial charge is 0.469 e. The molecular formula is C11H11ClN2O2. The molecule has 0 spiro atoms. The molecule has 4 nitrogen and oxygen atoms in total. The van der Waals surface area contributed by atoms with Gasteiger partial charge in [0.15, 0.2) is 0 Å². The van der Waals surface area contributed by atoms with Crippen molar-refractivity contribution in [1.29, 1.82) is 0 Å². The molecule has 0 amide bonds. The molecule has 0 fully saturated rings. The summed E-state index contributed by atoms with van der Waals surface area (Å²) < 4.78 is 10.6. The minimum atomic E-state index is 0.337. The van der Waals surface area contributed by atoms with Gasteiger partial charge in [-0.3, -0.25) is 0 Å². The molecule has 2 aromatic heterocycles. The number of rotatable bonds is 4. The van der Waals surface area contributed by atoms with Crippen LogP contribution in [0.3, 0.4) is 0 Å². The van der Waals surface area contributed by atoms with Crippen molar-refractivity contribution in [3.63, 3.8) is 0 Å². The normalized spacial score (nSPS) is 10.4. The van der Waals surface area contributed by atoms with E-state index >= 15 is 0 Å². The molecule has 0 N–H and O–H groups in total. The zero-order chi connectivity index (χ0) is 11.4. The van der Waals surface area contributed by atoms with Crippen LogP contribution in [0, 0.1) is 0 Å². The summed E-state index contributed by atoms with van der Waals surface area (Å²) in [5, 5.41) is 0.390. The van der Waals surface area contributed by atoms with E-state index in [-0.39, 0.29) is 0 Å². The maximum atomic E-state index is 5.83. The number of hydrogen-bond acceptors (Lipinski definition) is 4. The molecule has 0 aliphatic rings. The van der Waals surface area contributed by atoms with Crippen LogP contribution >= 0.6 is 11.6 Å². The fraction of sp³-hybridized carbons (Fsp3) is 0.273. The van der Waals surface area contributed by atoms with Crippen molar-refractivity contribution < 1.29 is 9.15 Å². The average molecular weight is 239 g/mol. The maximum absolute atomic E-state index is 5.83. The second-order valence-electron chi connectivity index (χ2n) is 3.17. The molecule has 0 aliphatic carbocycles. The fourth-order valence-electron chi connectivity index (χ4n) is 1.21. The predicted octanol–water partition coefficient (Wildman–Crippen LogP) is 2.86. The number of halogens is 1. The van der Waals surface area contributed by atoms with Gasteiger partial charge in [-0.05, 0) is 12.1 Å². The Bertz CT molecular complexity index is 457. The summed E-state index contributed by atoms with van der Waals surface area (Å²) in [6.45, 7) is 2.30. The summed E-state index contributed by atoms with van der Waals surface area (Å²) in [7, 11) is 0. The van der Waals surface area contributed by atoms with Gasteiger partial charge in [0.2, 0.25) is 5.88 Å². The van der Waals surface area contributed by atoms with E-state index in [4.69, 9.17) is 20.8 Å². The lowest BCUT2D eigenvalue weighted by Gasteiger charge is -2.04. The van der Waals surface area contributed by atoms with Gasteiger partial charge in [0, 0.05) is 12.5 Å². The lowest BCUT2D eigenvalue weighted by atomic mass is 10.4. The van der Waals surface area contributed by atoms with Crippen molar-refractivity contribution in [3.8, 4) is 5.88 Å². The molecule has 2 rings (SSSR count). The first-order valence-corrected chi connectivity index (χ1v) is 5.34. The van der Waals surface area contributed by atoms with Crippen LogP contribution in [-0.4, -0.2) is 9.97 Å². The molecule has 5 heteroatoms. The third kappa shape index (κ3) is 2.73. The number of aromatic nitrogens is 2. The molecule has 16 heavy (non-hydrogen) atoms. The summed E-state index contributed by atoms with van der Waals surface area (Å²) in [5.74, 6) is 1.88. The summed E-state index contributed by atoms with van der Waals surface area (Å²) in [6.07, 6.45) is 2.32. The van der Waals surface area contributed by atoms with Gasteiger partial charge in [-0.25, -0.2) is 4.98 Å². The fourth-order valence-corrected chi connectivity index (χ4v) is 1.40. The third-order valence-corrected chi connectivity index (χ3v) is 2.17. The number of nitrogens with zero attached hydrogens (tertiary/aromatic N) is 2. The molecule has 0 atom stereocenters. The van der Waals surface area contributed by atoms with Crippen LogP contribution in [0.5, 0.6) is 5.88 Å². The highest BCUT2D eigenvalue weighted by Gasteiger charge is 2.04. The summed E-state index contributed by atoms with van der Waals surface area (Å²) in [5.41, 5.74) is 0. The zero-order valence-electron chi connectivity index (χ0n) is 8.81. The minimum Gasteiger partial charge on any atom is -0.469 e. The van der Waals surface area contributed by atoms with Crippen molar-refractivity contribution in [3.05, 3.63) is 41.2 Å². The first-order valence-electron chi connectivity index (χ1n) is 4.96. The van der Waals surface area contributed by atoms with Crippen LogP contribution < -0.4 is 4.74 Å². The molecular weight excluding hydrogens is 228 g/mol.